The highest BCUT2D eigenvalue weighted by Crippen LogP contribution is 2.32. The number of halogens is 1. The predicted molar refractivity (Wildman–Crippen MR) is 99.5 cm³/mol. The average molecular weight is 366 g/mol. The fraction of sp³-hybridized carbons (Fsp3) is 0.211. The van der Waals surface area contributed by atoms with Crippen molar-refractivity contribution in [2.45, 2.75) is 19.9 Å². The third-order valence-corrected chi connectivity index (χ3v) is 5.28. The summed E-state index contributed by atoms with van der Waals surface area (Å²) in [5.74, 6) is -0.0432. The highest BCUT2D eigenvalue weighted by Gasteiger charge is 2.27. The molecule has 0 unspecified atom stereocenters. The van der Waals surface area contributed by atoms with Crippen molar-refractivity contribution >= 4 is 34.1 Å². The van der Waals surface area contributed by atoms with Gasteiger partial charge in [-0.3, -0.25) is 4.79 Å². The number of carbonyl (C=O) groups excluding carboxylic acids is 1. The van der Waals surface area contributed by atoms with Gasteiger partial charge in [0.1, 0.15) is 5.56 Å². The van der Waals surface area contributed by atoms with E-state index in [4.69, 9.17) is 11.6 Å². The molecular weight excluding hydrogens is 350 g/mol. The highest BCUT2D eigenvalue weighted by molar-refractivity contribution is 6.35. The lowest BCUT2D eigenvalue weighted by Crippen LogP contribution is -2.35. The van der Waals surface area contributed by atoms with Crippen molar-refractivity contribution in [3.8, 4) is 0 Å². The number of hydrogen-bond acceptors (Lipinski definition) is 3. The maximum atomic E-state index is 13.1. The second-order valence-electron chi connectivity index (χ2n) is 6.68. The number of nitrogens with one attached hydrogen (secondary N) is 1. The zero-order valence-corrected chi connectivity index (χ0v) is 14.9. The number of para-hydroxylation sites is 1. The van der Waals surface area contributed by atoms with Crippen LogP contribution in [-0.4, -0.2) is 36.9 Å². The zero-order valence-electron chi connectivity index (χ0n) is 14.2. The lowest BCUT2D eigenvalue weighted by atomic mass is 10.0. The smallest absolute Gasteiger partial charge is 0.259 e. The van der Waals surface area contributed by atoms with E-state index in [1.54, 1.807) is 16.9 Å². The Morgan fingerprint density at radius 3 is 3.08 bits per heavy atom. The van der Waals surface area contributed by atoms with Gasteiger partial charge in [-0.2, -0.15) is 5.10 Å². The molecule has 0 bridgehead atoms. The molecule has 1 aromatic carbocycles. The highest BCUT2D eigenvalue weighted by atomic mass is 35.5. The molecule has 1 aliphatic rings. The molecule has 5 rings (SSSR count). The zero-order chi connectivity index (χ0) is 17.8. The molecule has 0 saturated heterocycles. The summed E-state index contributed by atoms with van der Waals surface area (Å²) in [6.07, 6.45) is 6.00. The predicted octanol–water partition coefficient (Wildman–Crippen LogP) is 3.37. The number of aromatic amines is 1. The first-order valence-electron chi connectivity index (χ1n) is 8.49. The van der Waals surface area contributed by atoms with Crippen LogP contribution in [0.3, 0.4) is 0 Å². The number of fused-ring (bicyclic) bond motifs is 4. The fourth-order valence-corrected chi connectivity index (χ4v) is 3.89. The Morgan fingerprint density at radius 2 is 2.19 bits per heavy atom. The van der Waals surface area contributed by atoms with Gasteiger partial charge in [0.05, 0.1) is 16.7 Å². The third kappa shape index (κ3) is 2.22. The number of hydrogen-bond donors (Lipinski definition) is 1. The molecule has 0 atom stereocenters. The molecule has 4 aromatic rings. The summed E-state index contributed by atoms with van der Waals surface area (Å²) in [5.41, 5.74) is 5.37. The Hall–Kier alpha value is -2.86. The molecule has 7 heteroatoms. The van der Waals surface area contributed by atoms with E-state index >= 15 is 0 Å². The molecular formula is C19H16ClN5O. The minimum atomic E-state index is -0.0432. The second-order valence-corrected chi connectivity index (χ2v) is 7.09. The van der Waals surface area contributed by atoms with Crippen LogP contribution in [0.5, 0.6) is 0 Å². The van der Waals surface area contributed by atoms with Crippen LogP contribution in [0.2, 0.25) is 5.02 Å². The van der Waals surface area contributed by atoms with E-state index in [-0.39, 0.29) is 5.91 Å². The third-order valence-electron chi connectivity index (χ3n) is 4.96. The van der Waals surface area contributed by atoms with E-state index in [9.17, 15) is 4.79 Å². The summed E-state index contributed by atoms with van der Waals surface area (Å²) < 4.78 is 1.66. The molecule has 1 aliphatic heterocycles. The summed E-state index contributed by atoms with van der Waals surface area (Å²) in [7, 11) is 0. The molecule has 1 amide bonds. The Kier molecular flexibility index (Phi) is 3.30. The van der Waals surface area contributed by atoms with E-state index in [1.165, 1.54) is 0 Å². The maximum Gasteiger partial charge on any atom is 0.259 e. The first-order valence-corrected chi connectivity index (χ1v) is 8.87. The van der Waals surface area contributed by atoms with Crippen LogP contribution in [0.4, 0.5) is 0 Å². The lowest BCUT2D eigenvalue weighted by Gasteiger charge is -2.27. The van der Waals surface area contributed by atoms with Crippen molar-refractivity contribution in [3.05, 3.63) is 64.2 Å². The number of H-pyrrole nitrogens is 1. The Bertz CT molecular complexity index is 1180. The van der Waals surface area contributed by atoms with Crippen LogP contribution >= 0.6 is 11.6 Å². The molecule has 0 saturated carbocycles. The minimum Gasteiger partial charge on any atom is -0.357 e. The number of nitrogens with zero attached hydrogens (tertiary/aromatic N) is 4. The van der Waals surface area contributed by atoms with Crippen LogP contribution in [0.25, 0.3) is 16.6 Å². The lowest BCUT2D eigenvalue weighted by molar-refractivity contribution is 0.0737. The molecule has 3 aromatic heterocycles. The molecule has 1 N–H and O–H groups in total. The number of benzene rings is 1. The molecule has 0 aliphatic carbocycles. The van der Waals surface area contributed by atoms with Crippen molar-refractivity contribution in [2.75, 3.05) is 6.54 Å². The van der Waals surface area contributed by atoms with E-state index in [0.717, 1.165) is 34.1 Å². The van der Waals surface area contributed by atoms with E-state index < -0.39 is 0 Å². The first-order chi connectivity index (χ1) is 12.6. The van der Waals surface area contributed by atoms with Gasteiger partial charge in [0.15, 0.2) is 5.65 Å². The Morgan fingerprint density at radius 1 is 1.31 bits per heavy atom. The number of aryl methyl sites for hydroxylation is 1. The van der Waals surface area contributed by atoms with Crippen molar-refractivity contribution < 1.29 is 4.79 Å². The van der Waals surface area contributed by atoms with Crippen LogP contribution in [-0.2, 0) is 13.0 Å². The molecule has 0 fully saturated rings. The van der Waals surface area contributed by atoms with Crippen molar-refractivity contribution in [2.24, 2.45) is 0 Å². The molecule has 0 spiro atoms. The SMILES string of the molecule is Cc1cnc2c(C(=O)N3CCc4[nH]c5c(Cl)cccc5c4C3)cnn2c1. The Balaban J connectivity index is 1.53. The monoisotopic (exact) mass is 365 g/mol. The van der Waals surface area contributed by atoms with Gasteiger partial charge < -0.3 is 9.88 Å². The van der Waals surface area contributed by atoms with Crippen LogP contribution in [0, 0.1) is 6.92 Å². The summed E-state index contributed by atoms with van der Waals surface area (Å²) in [6.45, 7) is 3.15. The largest absolute Gasteiger partial charge is 0.357 e. The van der Waals surface area contributed by atoms with Crippen LogP contribution < -0.4 is 0 Å². The normalized spacial score (nSPS) is 14.2. The van der Waals surface area contributed by atoms with Crippen LogP contribution in [0.15, 0.2) is 36.8 Å². The number of rotatable bonds is 1. The van der Waals surface area contributed by atoms with Crippen molar-refractivity contribution in [3.63, 3.8) is 0 Å². The maximum absolute atomic E-state index is 13.1. The van der Waals surface area contributed by atoms with Gasteiger partial charge in [0.2, 0.25) is 0 Å². The van der Waals surface area contributed by atoms with E-state index in [2.05, 4.69) is 15.1 Å². The van der Waals surface area contributed by atoms with Gasteiger partial charge in [-0.25, -0.2) is 9.50 Å². The molecule has 26 heavy (non-hydrogen) atoms. The molecule has 0 radical (unpaired) electrons. The number of amides is 1. The minimum absolute atomic E-state index is 0.0432. The van der Waals surface area contributed by atoms with E-state index in [1.807, 2.05) is 36.2 Å². The summed E-state index contributed by atoms with van der Waals surface area (Å²) in [5, 5.41) is 6.06. The van der Waals surface area contributed by atoms with Gasteiger partial charge in [-0.1, -0.05) is 23.7 Å². The molecule has 4 heterocycles. The van der Waals surface area contributed by atoms with Crippen molar-refractivity contribution in [1.82, 2.24) is 24.5 Å². The Labute approximate surface area is 154 Å². The fourth-order valence-electron chi connectivity index (χ4n) is 3.66. The van der Waals surface area contributed by atoms with Crippen molar-refractivity contribution in [1.29, 1.82) is 0 Å². The topological polar surface area (TPSA) is 66.3 Å². The first kappa shape index (κ1) is 15.4. The standard InChI is InChI=1S/C19H16ClN5O/c1-11-7-21-18-13(8-22-25(18)9-11)19(26)24-6-5-16-14(10-24)12-3-2-4-15(20)17(12)23-16/h2-4,7-9,23H,5-6,10H2,1H3. The van der Waals surface area contributed by atoms with Gasteiger partial charge in [-0.05, 0) is 18.6 Å². The summed E-state index contributed by atoms with van der Waals surface area (Å²) >= 11 is 6.30. The van der Waals surface area contributed by atoms with E-state index in [0.29, 0.717) is 29.3 Å². The molecule has 6 nitrogen and oxygen atoms in total. The van der Waals surface area contributed by atoms with Gasteiger partial charge in [-0.15, -0.1) is 0 Å². The number of carbonyl (C=O) groups is 1. The average Bonchev–Trinajstić information content (AvgIpc) is 3.22. The number of aromatic nitrogens is 4. The van der Waals surface area contributed by atoms with Crippen LogP contribution in [0.1, 0.15) is 27.2 Å². The summed E-state index contributed by atoms with van der Waals surface area (Å²) in [6, 6.07) is 5.86. The van der Waals surface area contributed by atoms with Gasteiger partial charge in [0.25, 0.3) is 5.91 Å². The summed E-state index contributed by atoms with van der Waals surface area (Å²) in [4.78, 5) is 22.7. The van der Waals surface area contributed by atoms with Gasteiger partial charge in [0, 0.05) is 48.5 Å². The second kappa shape index (κ2) is 5.57. The van der Waals surface area contributed by atoms with Gasteiger partial charge >= 0.3 is 0 Å². The molecule has 130 valence electrons. The quantitative estimate of drug-likeness (QED) is 0.562.